The summed E-state index contributed by atoms with van der Waals surface area (Å²) in [5.74, 6) is 1.47. The SMILES string of the molecule is CC1(CNCc2ccccc2OC(F)F)CCCS1. The molecular weight excluding hydrogens is 268 g/mol. The van der Waals surface area contributed by atoms with Gasteiger partial charge in [0.1, 0.15) is 5.75 Å². The van der Waals surface area contributed by atoms with Gasteiger partial charge in [-0.05, 0) is 31.6 Å². The maximum absolute atomic E-state index is 12.3. The molecule has 0 aliphatic carbocycles. The third kappa shape index (κ3) is 4.35. The second kappa shape index (κ2) is 6.57. The van der Waals surface area contributed by atoms with Gasteiger partial charge in [0.2, 0.25) is 0 Å². The Hall–Kier alpha value is -0.810. The molecule has 5 heteroatoms. The Morgan fingerprint density at radius 1 is 1.42 bits per heavy atom. The summed E-state index contributed by atoms with van der Waals surface area (Å²) >= 11 is 1.98. The van der Waals surface area contributed by atoms with E-state index in [4.69, 9.17) is 0 Å². The van der Waals surface area contributed by atoms with Crippen LogP contribution in [0.1, 0.15) is 25.3 Å². The van der Waals surface area contributed by atoms with Crippen molar-refractivity contribution in [1.82, 2.24) is 5.32 Å². The second-order valence-corrected chi connectivity index (χ2v) is 6.67. The lowest BCUT2D eigenvalue weighted by molar-refractivity contribution is -0.0505. The summed E-state index contributed by atoms with van der Waals surface area (Å²) in [4.78, 5) is 0. The Labute approximate surface area is 116 Å². The van der Waals surface area contributed by atoms with Crippen molar-refractivity contribution in [1.29, 1.82) is 0 Å². The molecule has 1 aromatic rings. The molecule has 1 saturated heterocycles. The van der Waals surface area contributed by atoms with E-state index in [0.29, 0.717) is 6.54 Å². The summed E-state index contributed by atoms with van der Waals surface area (Å²) in [6.07, 6.45) is 2.47. The summed E-state index contributed by atoms with van der Waals surface area (Å²) in [6.45, 7) is 0.919. The Morgan fingerprint density at radius 3 is 2.89 bits per heavy atom. The van der Waals surface area contributed by atoms with Gasteiger partial charge in [-0.25, -0.2) is 0 Å². The summed E-state index contributed by atoms with van der Waals surface area (Å²) in [5.41, 5.74) is 0.773. The number of halogens is 2. The minimum atomic E-state index is -2.77. The van der Waals surface area contributed by atoms with Gasteiger partial charge in [-0.3, -0.25) is 0 Å². The average molecular weight is 287 g/mol. The highest BCUT2D eigenvalue weighted by Gasteiger charge is 2.28. The number of hydrogen-bond donors (Lipinski definition) is 1. The van der Waals surface area contributed by atoms with Crippen LogP contribution in [0.2, 0.25) is 0 Å². The average Bonchev–Trinajstić information content (AvgIpc) is 2.78. The minimum absolute atomic E-state index is 0.259. The lowest BCUT2D eigenvalue weighted by Gasteiger charge is -2.23. The van der Waals surface area contributed by atoms with Crippen LogP contribution < -0.4 is 10.1 Å². The molecular formula is C14H19F2NOS. The fraction of sp³-hybridized carbons (Fsp3) is 0.571. The van der Waals surface area contributed by atoms with Crippen molar-refractivity contribution in [2.45, 2.75) is 37.7 Å². The maximum Gasteiger partial charge on any atom is 0.387 e. The van der Waals surface area contributed by atoms with E-state index in [9.17, 15) is 8.78 Å². The summed E-state index contributed by atoms with van der Waals surface area (Å²) in [7, 11) is 0. The Balaban J connectivity index is 1.88. The lowest BCUT2D eigenvalue weighted by Crippen LogP contribution is -2.32. The monoisotopic (exact) mass is 287 g/mol. The molecule has 0 radical (unpaired) electrons. The smallest absolute Gasteiger partial charge is 0.387 e. The van der Waals surface area contributed by atoms with Gasteiger partial charge in [0, 0.05) is 23.4 Å². The molecule has 1 aliphatic heterocycles. The molecule has 1 unspecified atom stereocenters. The van der Waals surface area contributed by atoms with Gasteiger partial charge in [-0.1, -0.05) is 18.2 Å². The second-order valence-electron chi connectivity index (χ2n) is 4.99. The Bertz CT molecular complexity index is 408. The van der Waals surface area contributed by atoms with E-state index in [0.717, 1.165) is 12.1 Å². The van der Waals surface area contributed by atoms with Gasteiger partial charge in [0.05, 0.1) is 0 Å². The molecule has 1 aliphatic rings. The van der Waals surface area contributed by atoms with Gasteiger partial charge in [0.15, 0.2) is 0 Å². The van der Waals surface area contributed by atoms with Crippen LogP contribution in [0, 0.1) is 0 Å². The zero-order chi connectivity index (χ0) is 13.7. The number of alkyl halides is 2. The van der Waals surface area contributed by atoms with Crippen LogP contribution in [0.5, 0.6) is 5.75 Å². The minimum Gasteiger partial charge on any atom is -0.434 e. The molecule has 1 aromatic carbocycles. The van der Waals surface area contributed by atoms with Crippen molar-refractivity contribution in [3.63, 3.8) is 0 Å². The molecule has 0 spiro atoms. The van der Waals surface area contributed by atoms with Crippen LogP contribution in [0.4, 0.5) is 8.78 Å². The fourth-order valence-corrected chi connectivity index (χ4v) is 3.57. The molecule has 1 heterocycles. The van der Waals surface area contributed by atoms with E-state index in [-0.39, 0.29) is 10.5 Å². The van der Waals surface area contributed by atoms with Crippen molar-refractivity contribution in [3.05, 3.63) is 29.8 Å². The topological polar surface area (TPSA) is 21.3 Å². The van der Waals surface area contributed by atoms with E-state index in [1.165, 1.54) is 18.6 Å². The van der Waals surface area contributed by atoms with Gasteiger partial charge < -0.3 is 10.1 Å². The van der Waals surface area contributed by atoms with E-state index in [1.54, 1.807) is 12.1 Å². The van der Waals surface area contributed by atoms with Crippen molar-refractivity contribution in [2.75, 3.05) is 12.3 Å². The normalized spacial score (nSPS) is 22.9. The van der Waals surface area contributed by atoms with E-state index in [1.807, 2.05) is 23.9 Å². The molecule has 0 bridgehead atoms. The largest absolute Gasteiger partial charge is 0.434 e. The maximum atomic E-state index is 12.3. The number of rotatable bonds is 6. The summed E-state index contributed by atoms with van der Waals surface area (Å²) in [5, 5.41) is 3.35. The molecule has 1 N–H and O–H groups in total. The van der Waals surface area contributed by atoms with Crippen molar-refractivity contribution < 1.29 is 13.5 Å². The standard InChI is InChI=1S/C14H19F2NOS/c1-14(7-4-8-19-14)10-17-9-11-5-2-3-6-12(11)18-13(15)16/h2-3,5-6,13,17H,4,7-10H2,1H3. The molecule has 2 rings (SSSR count). The number of para-hydroxylation sites is 1. The zero-order valence-electron chi connectivity index (χ0n) is 11.0. The number of thioether (sulfide) groups is 1. The van der Waals surface area contributed by atoms with Crippen LogP contribution in [-0.4, -0.2) is 23.7 Å². The highest BCUT2D eigenvalue weighted by atomic mass is 32.2. The lowest BCUT2D eigenvalue weighted by atomic mass is 10.1. The molecule has 106 valence electrons. The first kappa shape index (κ1) is 14.6. The van der Waals surface area contributed by atoms with Crippen LogP contribution in [0.15, 0.2) is 24.3 Å². The number of ether oxygens (including phenoxy) is 1. The van der Waals surface area contributed by atoms with Crippen LogP contribution in [-0.2, 0) is 6.54 Å². The van der Waals surface area contributed by atoms with Gasteiger partial charge in [-0.2, -0.15) is 20.5 Å². The third-order valence-corrected chi connectivity index (χ3v) is 4.84. The highest BCUT2D eigenvalue weighted by Crippen LogP contribution is 2.37. The molecule has 19 heavy (non-hydrogen) atoms. The van der Waals surface area contributed by atoms with Crippen LogP contribution >= 0.6 is 11.8 Å². The molecule has 1 fully saturated rings. The first-order valence-electron chi connectivity index (χ1n) is 6.46. The predicted octanol–water partition coefficient (Wildman–Crippen LogP) is 3.66. The summed E-state index contributed by atoms with van der Waals surface area (Å²) < 4.78 is 29.4. The van der Waals surface area contributed by atoms with E-state index < -0.39 is 6.61 Å². The zero-order valence-corrected chi connectivity index (χ0v) is 11.8. The third-order valence-electron chi connectivity index (χ3n) is 3.30. The molecule has 0 saturated carbocycles. The molecule has 0 aromatic heterocycles. The fourth-order valence-electron chi connectivity index (χ4n) is 2.30. The highest BCUT2D eigenvalue weighted by molar-refractivity contribution is 8.00. The number of hydrogen-bond acceptors (Lipinski definition) is 3. The Kier molecular flexibility index (Phi) is 5.05. The van der Waals surface area contributed by atoms with E-state index >= 15 is 0 Å². The van der Waals surface area contributed by atoms with Crippen LogP contribution in [0.25, 0.3) is 0 Å². The quantitative estimate of drug-likeness (QED) is 0.862. The number of nitrogens with one attached hydrogen (secondary N) is 1. The molecule has 0 amide bonds. The van der Waals surface area contributed by atoms with Gasteiger partial charge in [0.25, 0.3) is 0 Å². The molecule has 2 nitrogen and oxygen atoms in total. The predicted molar refractivity (Wildman–Crippen MR) is 74.9 cm³/mol. The van der Waals surface area contributed by atoms with Crippen molar-refractivity contribution in [3.8, 4) is 5.75 Å². The van der Waals surface area contributed by atoms with Gasteiger partial charge >= 0.3 is 6.61 Å². The summed E-state index contributed by atoms with van der Waals surface area (Å²) in [6, 6.07) is 6.93. The Morgan fingerprint density at radius 2 is 2.21 bits per heavy atom. The van der Waals surface area contributed by atoms with Crippen molar-refractivity contribution in [2.24, 2.45) is 0 Å². The van der Waals surface area contributed by atoms with E-state index in [2.05, 4.69) is 17.0 Å². The van der Waals surface area contributed by atoms with Gasteiger partial charge in [-0.15, -0.1) is 0 Å². The first-order valence-corrected chi connectivity index (χ1v) is 7.45. The number of benzene rings is 1. The molecule has 1 atom stereocenters. The van der Waals surface area contributed by atoms with Crippen LogP contribution in [0.3, 0.4) is 0 Å². The first-order chi connectivity index (χ1) is 9.09. The van der Waals surface area contributed by atoms with Crippen molar-refractivity contribution >= 4 is 11.8 Å².